The zero-order valence-corrected chi connectivity index (χ0v) is 11.7. The van der Waals surface area contributed by atoms with Crippen LogP contribution in [-0.4, -0.2) is 20.8 Å². The quantitative estimate of drug-likeness (QED) is 0.803. The van der Waals surface area contributed by atoms with Crippen LogP contribution in [0.15, 0.2) is 36.5 Å². The summed E-state index contributed by atoms with van der Waals surface area (Å²) in [5, 5.41) is 8.22. The molecule has 0 spiro atoms. The molecule has 1 aliphatic rings. The van der Waals surface area contributed by atoms with E-state index in [9.17, 15) is 4.79 Å². The molecule has 1 fully saturated rings. The molecule has 104 valence electrons. The maximum atomic E-state index is 12.3. The summed E-state index contributed by atoms with van der Waals surface area (Å²) < 4.78 is 1.88. The molecule has 1 saturated carbocycles. The van der Waals surface area contributed by atoms with Crippen molar-refractivity contribution in [2.45, 2.75) is 38.6 Å². The normalized spacial score (nSPS) is 22.6. The van der Waals surface area contributed by atoms with E-state index in [2.05, 4.69) is 17.2 Å². The minimum absolute atomic E-state index is 0.0549. The summed E-state index contributed by atoms with van der Waals surface area (Å²) in [4.78, 5) is 12.3. The summed E-state index contributed by atoms with van der Waals surface area (Å²) in [6.45, 7) is 2.28. The fourth-order valence-corrected chi connectivity index (χ4v) is 2.94. The van der Waals surface area contributed by atoms with Gasteiger partial charge in [0.1, 0.15) is 0 Å². The summed E-state index contributed by atoms with van der Waals surface area (Å²) in [7, 11) is 0. The first-order valence-electron chi connectivity index (χ1n) is 7.25. The highest BCUT2D eigenvalue weighted by Crippen LogP contribution is 2.31. The van der Waals surface area contributed by atoms with E-state index in [-0.39, 0.29) is 5.78 Å². The van der Waals surface area contributed by atoms with E-state index < -0.39 is 0 Å². The van der Waals surface area contributed by atoms with Crippen molar-refractivity contribution in [3.8, 4) is 0 Å². The van der Waals surface area contributed by atoms with Gasteiger partial charge in [-0.15, -0.1) is 5.10 Å². The second-order valence-electron chi connectivity index (χ2n) is 5.70. The Hall–Kier alpha value is -1.97. The predicted molar refractivity (Wildman–Crippen MR) is 76.6 cm³/mol. The summed E-state index contributed by atoms with van der Waals surface area (Å²) in [6, 6.07) is 9.63. The summed E-state index contributed by atoms with van der Waals surface area (Å²) in [5.41, 5.74) is 1.10. The van der Waals surface area contributed by atoms with Gasteiger partial charge in [-0.3, -0.25) is 4.79 Å². The molecule has 4 heteroatoms. The van der Waals surface area contributed by atoms with Crippen LogP contribution in [0.4, 0.5) is 0 Å². The number of ketones is 1. The molecule has 20 heavy (non-hydrogen) atoms. The van der Waals surface area contributed by atoms with Crippen LogP contribution in [0.25, 0.3) is 0 Å². The van der Waals surface area contributed by atoms with Crippen molar-refractivity contribution in [3.05, 3.63) is 47.8 Å². The number of rotatable bonds is 3. The van der Waals surface area contributed by atoms with E-state index in [1.165, 1.54) is 12.8 Å². The third-order valence-corrected chi connectivity index (χ3v) is 4.06. The van der Waals surface area contributed by atoms with E-state index in [1.807, 2.05) is 35.0 Å². The van der Waals surface area contributed by atoms with E-state index >= 15 is 0 Å². The largest absolute Gasteiger partial charge is 0.287 e. The average molecular weight is 269 g/mol. The Morgan fingerprint density at radius 2 is 2.05 bits per heavy atom. The highest BCUT2D eigenvalue weighted by molar-refractivity contribution is 6.07. The summed E-state index contributed by atoms with van der Waals surface area (Å²) >= 11 is 0. The SMILES string of the molecule is C[C@@H]1CCC[C@H](n2cc(C(=O)c3ccccc3)nn2)C1. The molecule has 1 aliphatic carbocycles. The molecule has 0 unspecified atom stereocenters. The van der Waals surface area contributed by atoms with Crippen LogP contribution in [0.3, 0.4) is 0 Å². The molecular weight excluding hydrogens is 250 g/mol. The summed E-state index contributed by atoms with van der Waals surface area (Å²) in [5.74, 6) is 0.673. The van der Waals surface area contributed by atoms with Crippen molar-refractivity contribution < 1.29 is 4.79 Å². The molecule has 2 aromatic rings. The van der Waals surface area contributed by atoms with Gasteiger partial charge in [-0.05, 0) is 18.8 Å². The fraction of sp³-hybridized carbons (Fsp3) is 0.438. The Balaban J connectivity index is 1.78. The Morgan fingerprint density at radius 1 is 1.25 bits per heavy atom. The molecule has 2 atom stereocenters. The number of hydrogen-bond donors (Lipinski definition) is 0. The molecule has 0 aliphatic heterocycles. The topological polar surface area (TPSA) is 47.8 Å². The lowest BCUT2D eigenvalue weighted by Gasteiger charge is -2.26. The summed E-state index contributed by atoms with van der Waals surface area (Å²) in [6.07, 6.45) is 6.59. The van der Waals surface area contributed by atoms with Crippen LogP contribution in [0.5, 0.6) is 0 Å². The lowest BCUT2D eigenvalue weighted by Crippen LogP contribution is -2.18. The number of nitrogens with zero attached hydrogens (tertiary/aromatic N) is 3. The predicted octanol–water partition coefficient (Wildman–Crippen LogP) is 3.26. The lowest BCUT2D eigenvalue weighted by atomic mass is 9.87. The smallest absolute Gasteiger partial charge is 0.214 e. The van der Waals surface area contributed by atoms with Gasteiger partial charge in [-0.2, -0.15) is 0 Å². The molecular formula is C16H19N3O. The van der Waals surface area contributed by atoms with Crippen LogP contribution in [0.1, 0.15) is 54.7 Å². The van der Waals surface area contributed by atoms with Crippen molar-refractivity contribution in [1.82, 2.24) is 15.0 Å². The maximum absolute atomic E-state index is 12.3. The zero-order chi connectivity index (χ0) is 13.9. The molecule has 1 heterocycles. The minimum atomic E-state index is -0.0549. The van der Waals surface area contributed by atoms with E-state index in [0.717, 1.165) is 18.8 Å². The highest BCUT2D eigenvalue weighted by Gasteiger charge is 2.22. The Morgan fingerprint density at radius 3 is 2.80 bits per heavy atom. The standard InChI is InChI=1S/C16H19N3O/c1-12-6-5-9-14(10-12)19-11-15(17-18-19)16(20)13-7-3-2-4-8-13/h2-4,7-8,11-12,14H,5-6,9-10H2,1H3/t12-,14+/m1/s1. The second-order valence-corrected chi connectivity index (χ2v) is 5.70. The first kappa shape index (κ1) is 13.0. The molecule has 0 saturated heterocycles. The Kier molecular flexibility index (Phi) is 3.63. The molecule has 0 amide bonds. The molecule has 0 N–H and O–H groups in total. The number of carbonyl (C=O) groups excluding carboxylic acids is 1. The van der Waals surface area contributed by atoms with E-state index in [1.54, 1.807) is 6.20 Å². The third-order valence-electron chi connectivity index (χ3n) is 4.06. The molecule has 3 rings (SSSR count). The van der Waals surface area contributed by atoms with Gasteiger partial charge in [0.2, 0.25) is 5.78 Å². The van der Waals surface area contributed by atoms with Crippen molar-refractivity contribution in [3.63, 3.8) is 0 Å². The molecule has 1 aromatic carbocycles. The van der Waals surface area contributed by atoms with E-state index in [0.29, 0.717) is 17.3 Å². The zero-order valence-electron chi connectivity index (χ0n) is 11.7. The average Bonchev–Trinajstić information content (AvgIpc) is 2.97. The van der Waals surface area contributed by atoms with Crippen molar-refractivity contribution in [2.75, 3.05) is 0 Å². The molecule has 0 bridgehead atoms. The number of hydrogen-bond acceptors (Lipinski definition) is 3. The van der Waals surface area contributed by atoms with Gasteiger partial charge in [0.15, 0.2) is 5.69 Å². The first-order chi connectivity index (χ1) is 9.74. The Labute approximate surface area is 118 Å². The number of aromatic nitrogens is 3. The number of carbonyl (C=O) groups is 1. The van der Waals surface area contributed by atoms with Crippen molar-refractivity contribution >= 4 is 5.78 Å². The maximum Gasteiger partial charge on any atom is 0.214 e. The van der Waals surface area contributed by atoms with Crippen molar-refractivity contribution in [1.29, 1.82) is 0 Å². The van der Waals surface area contributed by atoms with E-state index in [4.69, 9.17) is 0 Å². The Bertz CT molecular complexity index is 591. The van der Waals surface area contributed by atoms with Gasteiger partial charge in [0, 0.05) is 5.56 Å². The third kappa shape index (κ3) is 2.64. The molecule has 1 aromatic heterocycles. The lowest BCUT2D eigenvalue weighted by molar-refractivity contribution is 0.103. The minimum Gasteiger partial charge on any atom is -0.287 e. The van der Waals surface area contributed by atoms with Gasteiger partial charge in [0.05, 0.1) is 12.2 Å². The molecule has 4 nitrogen and oxygen atoms in total. The van der Waals surface area contributed by atoms with Crippen LogP contribution in [-0.2, 0) is 0 Å². The van der Waals surface area contributed by atoms with Gasteiger partial charge in [-0.1, -0.05) is 55.3 Å². The molecule has 0 radical (unpaired) electrons. The van der Waals surface area contributed by atoms with Crippen LogP contribution < -0.4 is 0 Å². The van der Waals surface area contributed by atoms with Crippen LogP contribution in [0, 0.1) is 5.92 Å². The van der Waals surface area contributed by atoms with Gasteiger partial charge in [-0.25, -0.2) is 4.68 Å². The second kappa shape index (κ2) is 5.57. The van der Waals surface area contributed by atoms with Gasteiger partial charge in [0.25, 0.3) is 0 Å². The van der Waals surface area contributed by atoms with Gasteiger partial charge >= 0.3 is 0 Å². The highest BCUT2D eigenvalue weighted by atomic mass is 16.1. The number of benzene rings is 1. The fourth-order valence-electron chi connectivity index (χ4n) is 2.94. The van der Waals surface area contributed by atoms with Gasteiger partial charge < -0.3 is 0 Å². The monoisotopic (exact) mass is 269 g/mol. The van der Waals surface area contributed by atoms with Crippen molar-refractivity contribution in [2.24, 2.45) is 5.92 Å². The van der Waals surface area contributed by atoms with Crippen LogP contribution >= 0.6 is 0 Å². The van der Waals surface area contributed by atoms with Crippen LogP contribution in [0.2, 0.25) is 0 Å². The first-order valence-corrected chi connectivity index (χ1v) is 7.25.